The molecule has 2 amide bonds. The Morgan fingerprint density at radius 1 is 0.398 bits per heavy atom. The van der Waals surface area contributed by atoms with Crippen LogP contribution in [0.2, 0.25) is 0 Å². The van der Waals surface area contributed by atoms with Crippen LogP contribution in [0.3, 0.4) is 0 Å². The lowest BCUT2D eigenvalue weighted by Crippen LogP contribution is -2.70. The van der Waals surface area contributed by atoms with Crippen molar-refractivity contribution in [3.63, 3.8) is 0 Å². The lowest BCUT2D eigenvalue weighted by atomic mass is 9.94. The molecule has 0 aliphatic carbocycles. The van der Waals surface area contributed by atoms with E-state index in [9.17, 15) is 86.2 Å². The number of nitrogens with one attached hydrogen (secondary N) is 2. The fourth-order valence-corrected chi connectivity index (χ4v) is 13.9. The molecule has 0 saturated carbocycles. The first-order valence-electron chi connectivity index (χ1n) is 39.0. The van der Waals surface area contributed by atoms with E-state index in [1.807, 2.05) is 6.08 Å². The van der Waals surface area contributed by atoms with Gasteiger partial charge in [-0.15, -0.1) is 0 Å². The Morgan fingerprint density at radius 3 is 1.31 bits per heavy atom. The Morgan fingerprint density at radius 2 is 0.796 bits per heavy atom. The molecule has 103 heavy (non-hydrogen) atoms. The highest BCUT2D eigenvalue weighted by molar-refractivity contribution is 5.76. The second-order valence-electron chi connectivity index (χ2n) is 28.9. The summed E-state index contributed by atoms with van der Waals surface area (Å²) in [4.78, 5) is 26.3. The van der Waals surface area contributed by atoms with Crippen molar-refractivity contribution >= 4 is 11.8 Å². The van der Waals surface area contributed by atoms with Crippen LogP contribution in [0.4, 0.5) is 0 Å². The minimum atomic E-state index is -2.15. The maximum absolute atomic E-state index is 13.5. The van der Waals surface area contributed by atoms with Crippen LogP contribution in [-0.4, -0.2) is 287 Å². The number of ether oxygens (including phenoxy) is 10. The van der Waals surface area contributed by atoms with E-state index in [-0.39, 0.29) is 12.3 Å². The highest BCUT2D eigenvalue weighted by Crippen LogP contribution is 2.37. The first kappa shape index (κ1) is 91.0. The van der Waals surface area contributed by atoms with Crippen LogP contribution in [0, 0.1) is 0 Å². The topological polar surface area (TPSA) is 454 Å². The monoisotopic (exact) mass is 1480 g/mol. The lowest BCUT2D eigenvalue weighted by molar-refractivity contribution is -0.391. The molecule has 29 heteroatoms. The SMILES string of the molecule is CCCCCCCC/C=C\CCCCCCCCCCCCCC(=O)N[C@@H](CO[C@@H]1OC(CO)[C@@H](O[C@@H]2OC(CO)[C@H](O)[C@H](O[C@@H]3OC(CO)[C@@H](O[C@@H]4OC(CO)[C@H](O)[C@H](O)C4O[C@H]4OC(C)[C@@H](O)C(O)[C@@H]4O)[C@H](O)C3NC(C)=O)C2O)[C@H](O)C1O)[C@H](O)/C=C/CCCCCCCCCCCCC. The Balaban J connectivity index is 1.18. The third kappa shape index (κ3) is 30.3. The van der Waals surface area contributed by atoms with E-state index in [1.165, 1.54) is 142 Å². The van der Waals surface area contributed by atoms with Crippen molar-refractivity contribution < 1.29 is 134 Å². The smallest absolute Gasteiger partial charge is 0.220 e. The number of rotatable bonds is 52. The zero-order valence-electron chi connectivity index (χ0n) is 61.7. The first-order valence-corrected chi connectivity index (χ1v) is 39.0. The molecule has 10 unspecified atom stereocenters. The molecular formula is C74H134N2O27. The molecule has 0 aromatic carbocycles. The Hall–Kier alpha value is -2.58. The Bertz CT molecular complexity index is 2280. The molecule has 0 aromatic heterocycles. The van der Waals surface area contributed by atoms with Crippen molar-refractivity contribution in [2.45, 2.75) is 399 Å². The summed E-state index contributed by atoms with van der Waals surface area (Å²) in [6.07, 6.45) is -0.472. The summed E-state index contributed by atoms with van der Waals surface area (Å²) in [5.41, 5.74) is 0. The van der Waals surface area contributed by atoms with E-state index >= 15 is 0 Å². The normalized spacial score (nSPS) is 35.0. The molecule has 602 valence electrons. The van der Waals surface area contributed by atoms with Gasteiger partial charge in [0.15, 0.2) is 31.5 Å². The fourth-order valence-electron chi connectivity index (χ4n) is 13.9. The number of unbranched alkanes of at least 4 members (excludes halogenated alkanes) is 28. The molecule has 0 radical (unpaired) electrons. The van der Waals surface area contributed by atoms with E-state index in [2.05, 4.69) is 36.6 Å². The van der Waals surface area contributed by atoms with Gasteiger partial charge in [0.1, 0.15) is 116 Å². The van der Waals surface area contributed by atoms with Crippen molar-refractivity contribution in [1.82, 2.24) is 10.6 Å². The second-order valence-corrected chi connectivity index (χ2v) is 28.9. The zero-order valence-corrected chi connectivity index (χ0v) is 61.7. The maximum atomic E-state index is 13.5. The van der Waals surface area contributed by atoms with Crippen LogP contribution >= 0.6 is 0 Å². The minimum absolute atomic E-state index is 0.192. The van der Waals surface area contributed by atoms with Gasteiger partial charge in [-0.05, 0) is 51.9 Å². The van der Waals surface area contributed by atoms with Crippen LogP contribution < -0.4 is 10.6 Å². The van der Waals surface area contributed by atoms with Gasteiger partial charge in [0.2, 0.25) is 11.8 Å². The first-order chi connectivity index (χ1) is 49.7. The summed E-state index contributed by atoms with van der Waals surface area (Å²) in [6, 6.07) is -2.80. The van der Waals surface area contributed by atoms with Gasteiger partial charge in [-0.1, -0.05) is 192 Å². The van der Waals surface area contributed by atoms with Gasteiger partial charge in [0.05, 0.1) is 51.3 Å². The van der Waals surface area contributed by atoms with Crippen molar-refractivity contribution in [3.05, 3.63) is 24.3 Å². The predicted molar refractivity (Wildman–Crippen MR) is 376 cm³/mol. The van der Waals surface area contributed by atoms with Crippen LogP contribution in [0.5, 0.6) is 0 Å². The average Bonchev–Trinajstić information content (AvgIpc) is 0.772. The van der Waals surface area contributed by atoms with Crippen molar-refractivity contribution in [3.8, 4) is 0 Å². The maximum Gasteiger partial charge on any atom is 0.220 e. The van der Waals surface area contributed by atoms with E-state index in [1.54, 1.807) is 6.08 Å². The zero-order chi connectivity index (χ0) is 75.2. The van der Waals surface area contributed by atoms with E-state index in [0.717, 1.165) is 58.3 Å². The molecule has 5 fully saturated rings. The Labute approximate surface area is 609 Å². The van der Waals surface area contributed by atoms with Gasteiger partial charge >= 0.3 is 0 Å². The fraction of sp³-hybridized carbons (Fsp3) is 0.919. The molecule has 5 heterocycles. The van der Waals surface area contributed by atoms with Crippen molar-refractivity contribution in [2.75, 3.05) is 33.0 Å². The third-order valence-corrected chi connectivity index (χ3v) is 20.3. The van der Waals surface area contributed by atoms with Gasteiger partial charge in [0, 0.05) is 13.3 Å². The summed E-state index contributed by atoms with van der Waals surface area (Å²) in [6.45, 7) is 2.64. The highest BCUT2D eigenvalue weighted by Gasteiger charge is 2.57. The Kier molecular flexibility index (Phi) is 45.1. The van der Waals surface area contributed by atoms with Gasteiger partial charge in [-0.25, -0.2) is 0 Å². The largest absolute Gasteiger partial charge is 0.394 e. The van der Waals surface area contributed by atoms with E-state index in [0.29, 0.717) is 12.8 Å². The number of hydrogen-bond acceptors (Lipinski definition) is 27. The highest BCUT2D eigenvalue weighted by atomic mass is 16.8. The van der Waals surface area contributed by atoms with Gasteiger partial charge < -0.3 is 135 Å². The molecule has 0 spiro atoms. The van der Waals surface area contributed by atoms with Gasteiger partial charge in [0.25, 0.3) is 0 Å². The summed E-state index contributed by atoms with van der Waals surface area (Å²) in [5, 5.41) is 171. The van der Waals surface area contributed by atoms with Crippen LogP contribution in [-0.2, 0) is 57.0 Å². The average molecular weight is 1480 g/mol. The predicted octanol–water partition coefficient (Wildman–Crippen LogP) is 2.75. The molecule has 5 aliphatic heterocycles. The number of allylic oxidation sites excluding steroid dienone is 3. The standard InChI is InChI=1S/C74H134N2O27/c1-5-7-9-11-13-15-17-19-20-21-22-23-24-25-26-28-30-32-34-36-38-40-54(83)76-48(49(82)39-37-35-33-31-29-27-18-16-14-12-10-8-6-2)45-94-71-64(92)62(90)67(53(44-80)99-71)100-73-65(93)68(58(86)51(42-78)96-73)102-70-55(75-47(4)81)59(87)66(52(43-79)98-70)101-74-69(61(89)57(85)50(41-77)97-74)103-72-63(91)60(88)56(84)46(3)95-72/h19-20,37,39,46,48-53,55-74,77-80,82,84-93H,5-18,21-36,38,40-45H2,1-4H3,(H,75,81)(H,76,83)/b20-19-,39-37+/t46?,48-,49+,50?,51?,52?,53?,55?,56+,57-,58-,59+,60?,61-,62+,63-,64?,65?,66+,67+,68-,69?,70-,71+,72+,73-,74-/m0/s1. The molecule has 5 saturated heterocycles. The van der Waals surface area contributed by atoms with Gasteiger partial charge in [-0.2, -0.15) is 0 Å². The number of carbonyl (C=O) groups is 2. The number of aliphatic hydroxyl groups is 15. The molecular weight excluding hydrogens is 1350 g/mol. The van der Waals surface area contributed by atoms with Gasteiger partial charge in [-0.3, -0.25) is 9.59 Å². The van der Waals surface area contributed by atoms with Crippen molar-refractivity contribution in [2.24, 2.45) is 0 Å². The van der Waals surface area contributed by atoms with Crippen LogP contribution in [0.1, 0.15) is 233 Å². The molecule has 29 nitrogen and oxygen atoms in total. The third-order valence-electron chi connectivity index (χ3n) is 20.3. The molecule has 5 aliphatic rings. The summed E-state index contributed by atoms with van der Waals surface area (Å²) in [7, 11) is 0. The molecule has 17 N–H and O–H groups in total. The second kappa shape index (κ2) is 51.0. The molecule has 5 rings (SSSR count). The van der Waals surface area contributed by atoms with Crippen LogP contribution in [0.15, 0.2) is 24.3 Å². The number of amides is 2. The molecule has 0 bridgehead atoms. The van der Waals surface area contributed by atoms with Crippen molar-refractivity contribution in [1.29, 1.82) is 0 Å². The summed E-state index contributed by atoms with van der Waals surface area (Å²) >= 11 is 0. The number of hydrogen-bond donors (Lipinski definition) is 17. The lowest BCUT2D eigenvalue weighted by Gasteiger charge is -2.50. The number of carbonyl (C=O) groups excluding carboxylic acids is 2. The van der Waals surface area contributed by atoms with E-state index < -0.39 is 205 Å². The summed E-state index contributed by atoms with van der Waals surface area (Å²) in [5.74, 6) is -1.14. The minimum Gasteiger partial charge on any atom is -0.394 e. The molecule has 27 atom stereocenters. The molecule has 0 aromatic rings. The summed E-state index contributed by atoms with van der Waals surface area (Å²) < 4.78 is 59.0. The quantitative estimate of drug-likeness (QED) is 0.0307. The van der Waals surface area contributed by atoms with Crippen LogP contribution in [0.25, 0.3) is 0 Å². The number of aliphatic hydroxyl groups excluding tert-OH is 15. The van der Waals surface area contributed by atoms with E-state index in [4.69, 9.17) is 47.4 Å².